The van der Waals surface area contributed by atoms with Crippen molar-refractivity contribution in [3.8, 4) is 0 Å². The molecule has 1 aliphatic rings. The summed E-state index contributed by atoms with van der Waals surface area (Å²) in [4.78, 5) is 13.7. The molecule has 0 bridgehead atoms. The zero-order valence-electron chi connectivity index (χ0n) is 12.8. The highest BCUT2D eigenvalue weighted by Gasteiger charge is 2.53. The fourth-order valence-corrected chi connectivity index (χ4v) is 3.05. The van der Waals surface area contributed by atoms with Gasteiger partial charge in [-0.25, -0.2) is 4.79 Å². The molecule has 0 radical (unpaired) electrons. The average Bonchev–Trinajstić information content (AvgIpc) is 2.42. The third-order valence-corrected chi connectivity index (χ3v) is 4.93. The van der Waals surface area contributed by atoms with E-state index in [0.717, 1.165) is 19.3 Å². The van der Waals surface area contributed by atoms with Gasteiger partial charge in [-0.1, -0.05) is 13.8 Å². The summed E-state index contributed by atoms with van der Waals surface area (Å²) in [6.45, 7) is 6.09. The van der Waals surface area contributed by atoms with E-state index in [9.17, 15) is 4.79 Å². The molecule has 0 aliphatic heterocycles. The smallest absolute Gasteiger partial charge is 0.317 e. The second-order valence-corrected chi connectivity index (χ2v) is 5.54. The summed E-state index contributed by atoms with van der Waals surface area (Å²) < 4.78 is 5.52. The minimum atomic E-state index is -0.170. The number of carbonyl (C=O) groups excluding carboxylic acids is 1. The van der Waals surface area contributed by atoms with Crippen molar-refractivity contribution in [3.05, 3.63) is 0 Å². The number of nitrogens with one attached hydrogen (secondary N) is 1. The zero-order chi connectivity index (χ0) is 14.6. The molecule has 1 rings (SSSR count). The molecular weight excluding hydrogens is 244 g/mol. The summed E-state index contributed by atoms with van der Waals surface area (Å²) in [5.74, 6) is 0. The van der Waals surface area contributed by atoms with E-state index in [1.54, 1.807) is 19.1 Å². The Bertz CT molecular complexity index is 305. The fourth-order valence-electron chi connectivity index (χ4n) is 3.05. The number of amides is 2. The van der Waals surface area contributed by atoms with Crippen LogP contribution in [0.1, 0.15) is 40.0 Å². The van der Waals surface area contributed by atoms with Gasteiger partial charge in [0.15, 0.2) is 0 Å². The maximum Gasteiger partial charge on any atom is 0.317 e. The van der Waals surface area contributed by atoms with Gasteiger partial charge in [0.1, 0.15) is 0 Å². The number of hydrogen-bond donors (Lipinski definition) is 2. The molecule has 5 nitrogen and oxygen atoms in total. The summed E-state index contributed by atoms with van der Waals surface area (Å²) in [7, 11) is 3.45. The fraction of sp³-hybridized carbons (Fsp3) is 0.929. The van der Waals surface area contributed by atoms with E-state index in [1.807, 2.05) is 6.92 Å². The Morgan fingerprint density at radius 1 is 1.53 bits per heavy atom. The molecule has 19 heavy (non-hydrogen) atoms. The molecule has 2 N–H and O–H groups in total. The molecule has 5 heteroatoms. The first kappa shape index (κ1) is 16.2. The molecular formula is C14H28N2O3. The number of ether oxygens (including phenoxy) is 1. The maximum absolute atomic E-state index is 12.1. The van der Waals surface area contributed by atoms with Crippen molar-refractivity contribution >= 4 is 6.03 Å². The number of aliphatic hydroxyl groups is 1. The van der Waals surface area contributed by atoms with E-state index in [-0.39, 0.29) is 36.2 Å². The minimum absolute atomic E-state index is 0.0258. The highest BCUT2D eigenvalue weighted by atomic mass is 16.5. The van der Waals surface area contributed by atoms with Crippen molar-refractivity contribution in [2.45, 2.75) is 58.2 Å². The largest absolute Gasteiger partial charge is 0.394 e. The van der Waals surface area contributed by atoms with E-state index in [2.05, 4.69) is 19.2 Å². The number of urea groups is 1. The lowest BCUT2D eigenvalue weighted by molar-refractivity contribution is -0.120. The third kappa shape index (κ3) is 2.87. The molecule has 0 aromatic carbocycles. The van der Waals surface area contributed by atoms with Crippen molar-refractivity contribution in [1.29, 1.82) is 0 Å². The Labute approximate surface area is 116 Å². The number of nitrogens with zero attached hydrogens (tertiary/aromatic N) is 1. The van der Waals surface area contributed by atoms with Crippen molar-refractivity contribution in [1.82, 2.24) is 10.2 Å². The molecule has 112 valence electrons. The highest BCUT2D eigenvalue weighted by molar-refractivity contribution is 5.74. The van der Waals surface area contributed by atoms with Crippen LogP contribution in [0.15, 0.2) is 0 Å². The van der Waals surface area contributed by atoms with Crippen LogP contribution in [0, 0.1) is 5.41 Å². The van der Waals surface area contributed by atoms with Crippen LogP contribution in [0.25, 0.3) is 0 Å². The van der Waals surface area contributed by atoms with Gasteiger partial charge in [-0.2, -0.15) is 0 Å². The van der Waals surface area contributed by atoms with Gasteiger partial charge in [0.05, 0.1) is 18.8 Å². The highest BCUT2D eigenvalue weighted by Crippen LogP contribution is 2.48. The third-order valence-electron chi connectivity index (χ3n) is 4.93. The Hall–Kier alpha value is -0.810. The normalized spacial score (nSPS) is 26.4. The van der Waals surface area contributed by atoms with Crippen molar-refractivity contribution < 1.29 is 14.6 Å². The predicted octanol–water partition coefficient (Wildman–Crippen LogP) is 1.60. The standard InChI is InChI=1S/C14H28N2O3/c1-6-14(7-2)11(8-12(14)19-5)15-13(18)16(4)10(3)9-17/h10-12,17H,6-9H2,1-5H3,(H,15,18). The first-order valence-electron chi connectivity index (χ1n) is 7.13. The number of rotatable bonds is 6. The number of methoxy groups -OCH3 is 1. The quantitative estimate of drug-likeness (QED) is 0.772. The number of hydrogen-bond acceptors (Lipinski definition) is 3. The summed E-state index contributed by atoms with van der Waals surface area (Å²) in [6.07, 6.45) is 3.08. The van der Waals surface area contributed by atoms with Crippen LogP contribution in [-0.2, 0) is 4.74 Å². The molecule has 0 aromatic heterocycles. The monoisotopic (exact) mass is 272 g/mol. The predicted molar refractivity (Wildman–Crippen MR) is 75.1 cm³/mol. The molecule has 0 aromatic rings. The molecule has 0 heterocycles. The Morgan fingerprint density at radius 2 is 2.11 bits per heavy atom. The Morgan fingerprint density at radius 3 is 2.53 bits per heavy atom. The SMILES string of the molecule is CCC1(CC)C(NC(=O)N(C)C(C)CO)CC1OC. The van der Waals surface area contributed by atoms with E-state index in [4.69, 9.17) is 9.84 Å². The summed E-state index contributed by atoms with van der Waals surface area (Å²) in [5, 5.41) is 12.2. The molecule has 3 atom stereocenters. The van der Waals surface area contributed by atoms with Gasteiger partial charge in [-0.3, -0.25) is 0 Å². The van der Waals surface area contributed by atoms with Crippen LogP contribution in [0.2, 0.25) is 0 Å². The number of carbonyl (C=O) groups is 1. The van der Waals surface area contributed by atoms with Crippen molar-refractivity contribution in [2.75, 3.05) is 20.8 Å². The molecule has 1 aliphatic carbocycles. The van der Waals surface area contributed by atoms with Gasteiger partial charge < -0.3 is 20.1 Å². The molecule has 1 fully saturated rings. The van der Waals surface area contributed by atoms with Gasteiger partial charge in [0.2, 0.25) is 0 Å². The second kappa shape index (κ2) is 6.57. The van der Waals surface area contributed by atoms with Crippen LogP contribution in [0.4, 0.5) is 4.79 Å². The Kier molecular flexibility index (Phi) is 5.62. The van der Waals surface area contributed by atoms with Crippen molar-refractivity contribution in [3.63, 3.8) is 0 Å². The molecule has 0 spiro atoms. The second-order valence-electron chi connectivity index (χ2n) is 5.54. The van der Waals surface area contributed by atoms with E-state index in [1.165, 1.54) is 0 Å². The minimum Gasteiger partial charge on any atom is -0.394 e. The van der Waals surface area contributed by atoms with Crippen LogP contribution in [-0.4, -0.2) is 55.0 Å². The average molecular weight is 272 g/mol. The van der Waals surface area contributed by atoms with Crippen LogP contribution in [0.3, 0.4) is 0 Å². The maximum atomic E-state index is 12.1. The van der Waals surface area contributed by atoms with E-state index >= 15 is 0 Å². The summed E-state index contributed by atoms with van der Waals surface area (Å²) >= 11 is 0. The molecule has 0 saturated heterocycles. The van der Waals surface area contributed by atoms with Crippen LogP contribution >= 0.6 is 0 Å². The summed E-state index contributed by atoms with van der Waals surface area (Å²) in [6, 6.07) is -0.128. The van der Waals surface area contributed by atoms with E-state index < -0.39 is 0 Å². The van der Waals surface area contributed by atoms with Crippen molar-refractivity contribution in [2.24, 2.45) is 5.41 Å². The van der Waals surface area contributed by atoms with Gasteiger partial charge in [-0.05, 0) is 26.2 Å². The van der Waals surface area contributed by atoms with Gasteiger partial charge in [-0.15, -0.1) is 0 Å². The lowest BCUT2D eigenvalue weighted by atomic mass is 9.58. The first-order valence-corrected chi connectivity index (χ1v) is 7.13. The molecule has 2 amide bonds. The Balaban J connectivity index is 2.65. The summed E-state index contributed by atoms with van der Waals surface area (Å²) in [5.41, 5.74) is 0.0493. The topological polar surface area (TPSA) is 61.8 Å². The first-order chi connectivity index (χ1) is 8.96. The number of aliphatic hydroxyl groups excluding tert-OH is 1. The van der Waals surface area contributed by atoms with Gasteiger partial charge in [0, 0.05) is 25.6 Å². The van der Waals surface area contributed by atoms with Crippen LogP contribution < -0.4 is 5.32 Å². The van der Waals surface area contributed by atoms with Gasteiger partial charge >= 0.3 is 6.03 Å². The van der Waals surface area contributed by atoms with Gasteiger partial charge in [0.25, 0.3) is 0 Å². The van der Waals surface area contributed by atoms with E-state index in [0.29, 0.717) is 0 Å². The zero-order valence-corrected chi connectivity index (χ0v) is 12.8. The number of likely N-dealkylation sites (N-methyl/N-ethyl adjacent to an activating group) is 1. The molecule has 3 unspecified atom stereocenters. The lowest BCUT2D eigenvalue weighted by Crippen LogP contribution is -2.65. The lowest BCUT2D eigenvalue weighted by Gasteiger charge is -2.55. The van der Waals surface area contributed by atoms with Crippen LogP contribution in [0.5, 0.6) is 0 Å². The molecule has 1 saturated carbocycles.